The van der Waals surface area contributed by atoms with Crippen LogP contribution in [0.3, 0.4) is 0 Å². The van der Waals surface area contributed by atoms with E-state index in [1.54, 1.807) is 0 Å². The van der Waals surface area contributed by atoms with Crippen LogP contribution in [0.15, 0.2) is 6.07 Å². The van der Waals surface area contributed by atoms with Crippen molar-refractivity contribution in [2.24, 2.45) is 0 Å². The van der Waals surface area contributed by atoms with Gasteiger partial charge in [-0.2, -0.15) is 0 Å². The van der Waals surface area contributed by atoms with Crippen molar-refractivity contribution >= 4 is 11.6 Å². The summed E-state index contributed by atoms with van der Waals surface area (Å²) in [7, 11) is 0. The Balaban J connectivity index is 3.04. The summed E-state index contributed by atoms with van der Waals surface area (Å²) in [5.41, 5.74) is 2.03. The zero-order valence-electron chi connectivity index (χ0n) is 9.21. The second kappa shape index (κ2) is 4.74. The molecule has 1 aromatic rings. The Labute approximate surface area is 90.7 Å². The maximum absolute atomic E-state index is 6.10. The van der Waals surface area contributed by atoms with Crippen LogP contribution in [-0.2, 0) is 0 Å². The molecule has 2 nitrogen and oxygen atoms in total. The van der Waals surface area contributed by atoms with Crippen LogP contribution in [0.5, 0.6) is 0 Å². The number of nitrogens with zero attached hydrogens (tertiary/aromatic N) is 2. The summed E-state index contributed by atoms with van der Waals surface area (Å²) < 4.78 is 0. The van der Waals surface area contributed by atoms with Gasteiger partial charge in [-0.15, -0.1) is 11.6 Å². The smallest absolute Gasteiger partial charge is 0.133 e. The van der Waals surface area contributed by atoms with E-state index in [9.17, 15) is 0 Å². The molecule has 78 valence electrons. The lowest BCUT2D eigenvalue weighted by Crippen LogP contribution is -2.13. The molecule has 0 radical (unpaired) electrons. The van der Waals surface area contributed by atoms with Crippen LogP contribution in [-0.4, -0.2) is 15.3 Å². The van der Waals surface area contributed by atoms with E-state index in [1.165, 1.54) is 0 Å². The molecule has 0 aliphatic rings. The summed E-state index contributed by atoms with van der Waals surface area (Å²) in [6, 6.07) is 1.98. The van der Waals surface area contributed by atoms with Crippen molar-refractivity contribution in [2.45, 2.75) is 45.4 Å². The second-order valence-corrected chi connectivity index (χ2v) is 4.39. The zero-order valence-corrected chi connectivity index (χ0v) is 9.97. The minimum absolute atomic E-state index is 0.0844. The molecule has 14 heavy (non-hydrogen) atoms. The molecule has 2 atom stereocenters. The summed E-state index contributed by atoms with van der Waals surface area (Å²) in [4.78, 5) is 8.86. The minimum atomic E-state index is 0.0844. The van der Waals surface area contributed by atoms with E-state index in [4.69, 9.17) is 11.6 Å². The average Bonchev–Trinajstić information content (AvgIpc) is 2.02. The van der Waals surface area contributed by atoms with Crippen LogP contribution in [0.25, 0.3) is 0 Å². The van der Waals surface area contributed by atoms with Gasteiger partial charge in [0.25, 0.3) is 0 Å². The molecule has 3 heteroatoms. The number of rotatable bonds is 3. The first-order valence-corrected chi connectivity index (χ1v) is 5.44. The fourth-order valence-electron chi connectivity index (χ4n) is 1.63. The highest BCUT2D eigenvalue weighted by Crippen LogP contribution is 2.24. The van der Waals surface area contributed by atoms with Crippen molar-refractivity contribution in [2.75, 3.05) is 0 Å². The maximum Gasteiger partial charge on any atom is 0.133 e. The zero-order chi connectivity index (χ0) is 10.7. The largest absolute Gasteiger partial charge is 0.238 e. The molecule has 0 amide bonds. The molecule has 0 aliphatic heterocycles. The highest BCUT2D eigenvalue weighted by Gasteiger charge is 2.18. The van der Waals surface area contributed by atoms with Crippen molar-refractivity contribution in [1.82, 2.24) is 9.97 Å². The third-order valence-corrected chi connectivity index (χ3v) is 2.63. The summed E-state index contributed by atoms with van der Waals surface area (Å²) >= 11 is 6.10. The van der Waals surface area contributed by atoms with Crippen LogP contribution >= 0.6 is 11.6 Å². The molecule has 0 bridgehead atoms. The fourth-order valence-corrected chi connectivity index (χ4v) is 1.92. The number of hydrogen-bond donors (Lipinski definition) is 0. The van der Waals surface area contributed by atoms with Gasteiger partial charge in [0.2, 0.25) is 0 Å². The molecule has 2 unspecified atom stereocenters. The Hall–Kier alpha value is -0.630. The summed E-state index contributed by atoms with van der Waals surface area (Å²) in [5, 5.41) is 0.0844. The van der Waals surface area contributed by atoms with E-state index in [0.717, 1.165) is 23.6 Å². The SMILES string of the molecule is CCC(c1nc(C)cc(C)n1)C(C)Cl. The Morgan fingerprint density at radius 2 is 1.79 bits per heavy atom. The van der Waals surface area contributed by atoms with Crippen LogP contribution in [0.1, 0.15) is 43.4 Å². The van der Waals surface area contributed by atoms with E-state index in [-0.39, 0.29) is 11.3 Å². The van der Waals surface area contributed by atoms with Crippen molar-refractivity contribution in [3.05, 3.63) is 23.3 Å². The van der Waals surface area contributed by atoms with Crippen LogP contribution < -0.4 is 0 Å². The molecule has 0 saturated carbocycles. The number of aryl methyl sites for hydroxylation is 2. The lowest BCUT2D eigenvalue weighted by molar-refractivity contribution is 0.603. The molecule has 1 rings (SSSR count). The molecular formula is C11H17ClN2. The molecule has 0 N–H and O–H groups in total. The van der Waals surface area contributed by atoms with Gasteiger partial charge in [-0.1, -0.05) is 6.92 Å². The van der Waals surface area contributed by atoms with Crippen molar-refractivity contribution in [3.63, 3.8) is 0 Å². The molecule has 0 fully saturated rings. The minimum Gasteiger partial charge on any atom is -0.238 e. The first-order valence-electron chi connectivity index (χ1n) is 5.00. The summed E-state index contributed by atoms with van der Waals surface area (Å²) in [5.74, 6) is 1.14. The van der Waals surface area contributed by atoms with Crippen molar-refractivity contribution < 1.29 is 0 Å². The third kappa shape index (κ3) is 2.68. The van der Waals surface area contributed by atoms with Gasteiger partial charge >= 0.3 is 0 Å². The predicted octanol–water partition coefficient (Wildman–Crippen LogP) is 3.21. The lowest BCUT2D eigenvalue weighted by Gasteiger charge is -2.16. The van der Waals surface area contributed by atoms with Gasteiger partial charge < -0.3 is 0 Å². The first-order chi connectivity index (χ1) is 6.54. The van der Waals surface area contributed by atoms with Crippen molar-refractivity contribution in [3.8, 4) is 0 Å². The molecule has 0 aromatic carbocycles. The Kier molecular flexibility index (Phi) is 3.87. The fraction of sp³-hybridized carbons (Fsp3) is 0.636. The lowest BCUT2D eigenvalue weighted by atomic mass is 10.0. The number of aromatic nitrogens is 2. The highest BCUT2D eigenvalue weighted by molar-refractivity contribution is 6.20. The van der Waals surface area contributed by atoms with Crippen LogP contribution in [0.4, 0.5) is 0 Å². The van der Waals surface area contributed by atoms with E-state index in [0.29, 0.717) is 0 Å². The molecule has 0 spiro atoms. The van der Waals surface area contributed by atoms with E-state index < -0.39 is 0 Å². The molecule has 0 saturated heterocycles. The Bertz CT molecular complexity index is 290. The molecule has 0 aliphatic carbocycles. The Morgan fingerprint density at radius 3 is 2.14 bits per heavy atom. The topological polar surface area (TPSA) is 25.8 Å². The van der Waals surface area contributed by atoms with Gasteiger partial charge in [0.1, 0.15) is 5.82 Å². The van der Waals surface area contributed by atoms with E-state index >= 15 is 0 Å². The number of alkyl halides is 1. The van der Waals surface area contributed by atoms with E-state index in [1.807, 2.05) is 26.8 Å². The highest BCUT2D eigenvalue weighted by atomic mass is 35.5. The molecular weight excluding hydrogens is 196 g/mol. The Morgan fingerprint density at radius 1 is 1.29 bits per heavy atom. The predicted molar refractivity (Wildman–Crippen MR) is 59.9 cm³/mol. The van der Waals surface area contributed by atoms with Gasteiger partial charge in [0, 0.05) is 22.7 Å². The monoisotopic (exact) mass is 212 g/mol. The summed E-state index contributed by atoms with van der Waals surface area (Å²) in [6.45, 7) is 8.09. The number of halogens is 1. The molecule has 1 aromatic heterocycles. The quantitative estimate of drug-likeness (QED) is 0.720. The van der Waals surface area contributed by atoms with Gasteiger partial charge in [0.05, 0.1) is 0 Å². The second-order valence-electron chi connectivity index (χ2n) is 3.70. The third-order valence-electron chi connectivity index (χ3n) is 2.33. The summed E-state index contributed by atoms with van der Waals surface area (Å²) in [6.07, 6.45) is 0.980. The van der Waals surface area contributed by atoms with Gasteiger partial charge in [-0.25, -0.2) is 9.97 Å². The standard InChI is InChI=1S/C11H17ClN2/c1-5-10(9(4)12)11-13-7(2)6-8(3)14-11/h6,9-10H,5H2,1-4H3. The van der Waals surface area contributed by atoms with Crippen LogP contribution in [0.2, 0.25) is 0 Å². The maximum atomic E-state index is 6.10. The van der Waals surface area contributed by atoms with Gasteiger partial charge in [-0.3, -0.25) is 0 Å². The average molecular weight is 213 g/mol. The van der Waals surface area contributed by atoms with E-state index in [2.05, 4.69) is 16.9 Å². The van der Waals surface area contributed by atoms with Gasteiger partial charge in [-0.05, 0) is 33.3 Å². The number of hydrogen-bond acceptors (Lipinski definition) is 2. The normalized spacial score (nSPS) is 15.2. The van der Waals surface area contributed by atoms with Crippen molar-refractivity contribution in [1.29, 1.82) is 0 Å². The first kappa shape index (κ1) is 11.4. The van der Waals surface area contributed by atoms with Crippen LogP contribution in [0, 0.1) is 13.8 Å². The van der Waals surface area contributed by atoms with Gasteiger partial charge in [0.15, 0.2) is 0 Å². The molecule has 1 heterocycles.